The second kappa shape index (κ2) is 5.74. The van der Waals surface area contributed by atoms with Crippen molar-refractivity contribution in [3.63, 3.8) is 0 Å². The minimum Gasteiger partial charge on any atom is -0.322 e. The number of rotatable bonds is 2. The maximum Gasteiger partial charge on any atom is 0.255 e. The molecule has 1 N–H and O–H groups in total. The molecular formula is C12H6Cl3FN2O. The van der Waals surface area contributed by atoms with Crippen molar-refractivity contribution in [2.45, 2.75) is 0 Å². The van der Waals surface area contributed by atoms with Gasteiger partial charge in [-0.2, -0.15) is 0 Å². The van der Waals surface area contributed by atoms with Crippen LogP contribution >= 0.6 is 34.8 Å². The Bertz CT molecular complexity index is 629. The molecule has 0 atom stereocenters. The predicted octanol–water partition coefficient (Wildman–Crippen LogP) is 4.43. The van der Waals surface area contributed by atoms with E-state index in [9.17, 15) is 9.18 Å². The number of nitrogens with one attached hydrogen (secondary N) is 1. The van der Waals surface area contributed by atoms with E-state index >= 15 is 0 Å². The van der Waals surface area contributed by atoms with Crippen molar-refractivity contribution < 1.29 is 9.18 Å². The number of hydrogen-bond acceptors (Lipinski definition) is 2. The largest absolute Gasteiger partial charge is 0.322 e. The number of hydrogen-bond donors (Lipinski definition) is 1. The molecule has 0 spiro atoms. The van der Waals surface area contributed by atoms with Gasteiger partial charge in [0.2, 0.25) is 0 Å². The van der Waals surface area contributed by atoms with Gasteiger partial charge < -0.3 is 5.32 Å². The van der Waals surface area contributed by atoms with E-state index in [0.717, 1.165) is 6.07 Å². The minimum absolute atomic E-state index is 0.0800. The fourth-order valence-electron chi connectivity index (χ4n) is 1.37. The summed E-state index contributed by atoms with van der Waals surface area (Å²) >= 11 is 17.0. The van der Waals surface area contributed by atoms with Gasteiger partial charge in [-0.1, -0.05) is 34.8 Å². The van der Waals surface area contributed by atoms with E-state index in [0.29, 0.717) is 5.69 Å². The normalized spacial score (nSPS) is 10.3. The molecule has 1 aromatic carbocycles. The fraction of sp³-hybridized carbons (Fsp3) is 0. The molecule has 0 aliphatic rings. The van der Waals surface area contributed by atoms with Crippen LogP contribution in [0.5, 0.6) is 0 Å². The molecule has 98 valence electrons. The number of amides is 1. The summed E-state index contributed by atoms with van der Waals surface area (Å²) in [7, 11) is 0. The fourth-order valence-corrected chi connectivity index (χ4v) is 2.01. The van der Waals surface area contributed by atoms with Gasteiger partial charge in [0.1, 0.15) is 16.1 Å². The topological polar surface area (TPSA) is 42.0 Å². The van der Waals surface area contributed by atoms with Crippen molar-refractivity contribution in [3.05, 3.63) is 57.0 Å². The molecule has 0 saturated carbocycles. The lowest BCUT2D eigenvalue weighted by Gasteiger charge is -2.06. The van der Waals surface area contributed by atoms with Crippen LogP contribution in [0.25, 0.3) is 0 Å². The highest BCUT2D eigenvalue weighted by atomic mass is 35.5. The first-order valence-electron chi connectivity index (χ1n) is 5.05. The summed E-state index contributed by atoms with van der Waals surface area (Å²) in [5, 5.41) is 2.68. The zero-order valence-corrected chi connectivity index (χ0v) is 11.5. The third-order valence-corrected chi connectivity index (χ3v) is 2.88. The van der Waals surface area contributed by atoms with Gasteiger partial charge in [0, 0.05) is 11.3 Å². The number of pyridine rings is 1. The summed E-state index contributed by atoms with van der Waals surface area (Å²) in [4.78, 5) is 15.7. The zero-order chi connectivity index (χ0) is 14.0. The first kappa shape index (κ1) is 14.1. The molecule has 0 radical (unpaired) electrons. The Hall–Kier alpha value is -1.36. The molecule has 0 unspecified atom stereocenters. The van der Waals surface area contributed by atoms with Crippen LogP contribution in [0.4, 0.5) is 10.1 Å². The van der Waals surface area contributed by atoms with Crippen LogP contribution in [0.15, 0.2) is 30.3 Å². The molecule has 0 aliphatic heterocycles. The average Bonchev–Trinajstić information content (AvgIpc) is 2.32. The summed E-state index contributed by atoms with van der Waals surface area (Å²) in [6, 6.07) is 6.59. The van der Waals surface area contributed by atoms with E-state index in [2.05, 4.69) is 10.3 Å². The zero-order valence-electron chi connectivity index (χ0n) is 9.25. The summed E-state index contributed by atoms with van der Waals surface area (Å²) < 4.78 is 13.0. The van der Waals surface area contributed by atoms with E-state index in [1.165, 1.54) is 24.3 Å². The van der Waals surface area contributed by atoms with Crippen LogP contribution in [0, 0.1) is 5.82 Å². The van der Waals surface area contributed by atoms with Gasteiger partial charge >= 0.3 is 0 Å². The van der Waals surface area contributed by atoms with Gasteiger partial charge in [-0.15, -0.1) is 0 Å². The van der Waals surface area contributed by atoms with Crippen molar-refractivity contribution >= 4 is 46.4 Å². The highest BCUT2D eigenvalue weighted by Gasteiger charge is 2.10. The van der Waals surface area contributed by atoms with E-state index in [-0.39, 0.29) is 20.9 Å². The number of benzene rings is 1. The van der Waals surface area contributed by atoms with Crippen molar-refractivity contribution in [2.24, 2.45) is 0 Å². The third kappa shape index (κ3) is 3.56. The summed E-state index contributed by atoms with van der Waals surface area (Å²) in [6.07, 6.45) is 0. The van der Waals surface area contributed by atoms with Gasteiger partial charge in [0.05, 0.1) is 5.02 Å². The Morgan fingerprint density at radius 1 is 1.11 bits per heavy atom. The van der Waals surface area contributed by atoms with E-state index in [1.54, 1.807) is 0 Å². The summed E-state index contributed by atoms with van der Waals surface area (Å²) in [5.41, 5.74) is 0.603. The molecule has 0 bridgehead atoms. The Morgan fingerprint density at radius 3 is 2.32 bits per heavy atom. The standard InChI is InChI=1S/C12H6Cl3FN2O/c13-8-5-7(1-2-9(8)16)17-12(19)6-3-10(14)18-11(15)4-6/h1-5H,(H,17,19). The lowest BCUT2D eigenvalue weighted by molar-refractivity contribution is 0.102. The van der Waals surface area contributed by atoms with Gasteiger partial charge in [-0.25, -0.2) is 9.37 Å². The van der Waals surface area contributed by atoms with E-state index in [4.69, 9.17) is 34.8 Å². The third-order valence-electron chi connectivity index (χ3n) is 2.20. The molecule has 1 aromatic heterocycles. The van der Waals surface area contributed by atoms with Crippen LogP contribution in [0.3, 0.4) is 0 Å². The van der Waals surface area contributed by atoms with Gasteiger partial charge in [0.15, 0.2) is 0 Å². The average molecular weight is 320 g/mol. The van der Waals surface area contributed by atoms with Gasteiger partial charge in [-0.3, -0.25) is 4.79 Å². The molecule has 0 aliphatic carbocycles. The molecule has 2 aromatic rings. The van der Waals surface area contributed by atoms with Crippen molar-refractivity contribution in [3.8, 4) is 0 Å². The number of aromatic nitrogens is 1. The van der Waals surface area contributed by atoms with Crippen LogP contribution in [0.1, 0.15) is 10.4 Å². The Balaban J connectivity index is 2.22. The van der Waals surface area contributed by atoms with Crippen molar-refractivity contribution in [1.29, 1.82) is 0 Å². The van der Waals surface area contributed by atoms with E-state index in [1.807, 2.05) is 0 Å². The Labute approximate surface area is 123 Å². The number of carbonyl (C=O) groups is 1. The maximum absolute atomic E-state index is 13.0. The number of nitrogens with zero attached hydrogens (tertiary/aromatic N) is 1. The lowest BCUT2D eigenvalue weighted by Crippen LogP contribution is -2.12. The van der Waals surface area contributed by atoms with Crippen LogP contribution in [-0.4, -0.2) is 10.9 Å². The van der Waals surface area contributed by atoms with E-state index < -0.39 is 11.7 Å². The quantitative estimate of drug-likeness (QED) is 0.832. The molecule has 1 amide bonds. The van der Waals surface area contributed by atoms with Gasteiger partial charge in [0.25, 0.3) is 5.91 Å². The summed E-state index contributed by atoms with van der Waals surface area (Å²) in [6.45, 7) is 0. The molecule has 7 heteroatoms. The monoisotopic (exact) mass is 318 g/mol. The number of halogens is 4. The predicted molar refractivity (Wildman–Crippen MR) is 73.6 cm³/mol. The Kier molecular flexibility index (Phi) is 4.24. The molecular weight excluding hydrogens is 314 g/mol. The molecule has 1 heterocycles. The lowest BCUT2D eigenvalue weighted by atomic mass is 10.2. The smallest absolute Gasteiger partial charge is 0.255 e. The number of anilines is 1. The first-order chi connectivity index (χ1) is 8.95. The highest BCUT2D eigenvalue weighted by Crippen LogP contribution is 2.21. The molecule has 0 saturated heterocycles. The molecule has 19 heavy (non-hydrogen) atoms. The van der Waals surface area contributed by atoms with Crippen LogP contribution in [0.2, 0.25) is 15.3 Å². The van der Waals surface area contributed by atoms with Gasteiger partial charge in [-0.05, 0) is 30.3 Å². The van der Waals surface area contributed by atoms with Crippen molar-refractivity contribution in [2.75, 3.05) is 5.32 Å². The highest BCUT2D eigenvalue weighted by molar-refractivity contribution is 6.33. The van der Waals surface area contributed by atoms with Crippen molar-refractivity contribution in [1.82, 2.24) is 4.98 Å². The minimum atomic E-state index is -0.560. The molecule has 0 fully saturated rings. The SMILES string of the molecule is O=C(Nc1ccc(F)c(Cl)c1)c1cc(Cl)nc(Cl)c1. The molecule has 3 nitrogen and oxygen atoms in total. The second-order valence-electron chi connectivity index (χ2n) is 3.58. The van der Waals surface area contributed by atoms with Crippen LogP contribution in [-0.2, 0) is 0 Å². The number of carbonyl (C=O) groups excluding carboxylic acids is 1. The second-order valence-corrected chi connectivity index (χ2v) is 4.77. The Morgan fingerprint density at radius 2 is 1.74 bits per heavy atom. The van der Waals surface area contributed by atoms with Crippen LogP contribution < -0.4 is 5.32 Å². The maximum atomic E-state index is 13.0. The first-order valence-corrected chi connectivity index (χ1v) is 6.18. The molecule has 2 rings (SSSR count). The summed E-state index contributed by atoms with van der Waals surface area (Å²) in [5.74, 6) is -1.01.